The minimum Gasteiger partial charge on any atom is -0.480 e. The largest absolute Gasteiger partial charge is 0.480 e. The van der Waals surface area contributed by atoms with Crippen molar-refractivity contribution in [3.8, 4) is 0 Å². The van der Waals surface area contributed by atoms with E-state index in [1.807, 2.05) is 25.1 Å². The van der Waals surface area contributed by atoms with Gasteiger partial charge in [0.15, 0.2) is 0 Å². The highest BCUT2D eigenvalue weighted by Crippen LogP contribution is 2.22. The van der Waals surface area contributed by atoms with Gasteiger partial charge in [0.05, 0.1) is 0 Å². The lowest BCUT2D eigenvalue weighted by Gasteiger charge is -2.14. The Morgan fingerprint density at radius 3 is 2.47 bits per heavy atom. The molecule has 3 nitrogen and oxygen atoms in total. The summed E-state index contributed by atoms with van der Waals surface area (Å²) in [6.45, 7) is 6.02. The molecule has 3 heteroatoms. The molecule has 0 radical (unpaired) electrons. The third-order valence-corrected chi connectivity index (χ3v) is 2.57. The van der Waals surface area contributed by atoms with Crippen LogP contribution in [0.25, 0.3) is 0 Å². The third-order valence-electron chi connectivity index (χ3n) is 2.57. The van der Waals surface area contributed by atoms with E-state index in [4.69, 9.17) is 10.8 Å². The average Bonchev–Trinajstić information content (AvgIpc) is 2.16. The maximum Gasteiger partial charge on any atom is 0.325 e. The van der Waals surface area contributed by atoms with Gasteiger partial charge in [-0.15, -0.1) is 0 Å². The first-order chi connectivity index (χ1) is 6.93. The van der Waals surface area contributed by atoms with Crippen molar-refractivity contribution in [2.24, 2.45) is 5.73 Å². The zero-order chi connectivity index (χ0) is 11.6. The van der Waals surface area contributed by atoms with Crippen molar-refractivity contribution < 1.29 is 9.90 Å². The van der Waals surface area contributed by atoms with Crippen LogP contribution < -0.4 is 5.73 Å². The number of carboxylic acids is 1. The van der Waals surface area contributed by atoms with Crippen LogP contribution >= 0.6 is 0 Å². The molecule has 0 aliphatic rings. The Labute approximate surface area is 89.9 Å². The summed E-state index contributed by atoms with van der Waals surface area (Å²) < 4.78 is 0. The summed E-state index contributed by atoms with van der Waals surface area (Å²) in [6, 6.07) is 4.90. The molecule has 0 spiro atoms. The first-order valence-electron chi connectivity index (χ1n) is 5.02. The van der Waals surface area contributed by atoms with E-state index >= 15 is 0 Å². The number of nitrogens with two attached hydrogens (primary N) is 1. The van der Waals surface area contributed by atoms with E-state index in [1.54, 1.807) is 0 Å². The monoisotopic (exact) mass is 207 g/mol. The van der Waals surface area contributed by atoms with Gasteiger partial charge in [-0.3, -0.25) is 4.79 Å². The highest BCUT2D eigenvalue weighted by molar-refractivity contribution is 5.75. The Bertz CT molecular complexity index is 372. The molecule has 1 aromatic carbocycles. The first-order valence-corrected chi connectivity index (χ1v) is 5.02. The van der Waals surface area contributed by atoms with Gasteiger partial charge < -0.3 is 10.8 Å². The molecule has 0 saturated heterocycles. The number of benzene rings is 1. The number of carboxylic acid groups (broad SMARTS) is 1. The Morgan fingerprint density at radius 2 is 2.00 bits per heavy atom. The standard InChI is InChI=1S/C12H17NO2/c1-7(2)9-5-4-8(3)10(6-9)11(13)12(14)15/h4-7,11H,13H2,1-3H3,(H,14,15). The van der Waals surface area contributed by atoms with Gasteiger partial charge in [0.1, 0.15) is 6.04 Å². The summed E-state index contributed by atoms with van der Waals surface area (Å²) in [6.07, 6.45) is 0. The Hall–Kier alpha value is -1.35. The Kier molecular flexibility index (Phi) is 3.48. The smallest absolute Gasteiger partial charge is 0.325 e. The van der Waals surface area contributed by atoms with E-state index in [0.29, 0.717) is 11.5 Å². The van der Waals surface area contributed by atoms with Gasteiger partial charge in [-0.2, -0.15) is 0 Å². The van der Waals surface area contributed by atoms with Crippen LogP contribution in [0.2, 0.25) is 0 Å². The van der Waals surface area contributed by atoms with Crippen LogP contribution in [0, 0.1) is 6.92 Å². The Balaban J connectivity index is 3.16. The molecular weight excluding hydrogens is 190 g/mol. The SMILES string of the molecule is Cc1ccc(C(C)C)cc1C(N)C(=O)O. The molecule has 1 unspecified atom stereocenters. The van der Waals surface area contributed by atoms with Gasteiger partial charge in [0.2, 0.25) is 0 Å². The maximum absolute atomic E-state index is 10.8. The van der Waals surface area contributed by atoms with Crippen LogP contribution in [0.15, 0.2) is 18.2 Å². The van der Waals surface area contributed by atoms with Crippen molar-refractivity contribution in [3.63, 3.8) is 0 Å². The zero-order valence-corrected chi connectivity index (χ0v) is 9.32. The van der Waals surface area contributed by atoms with Gasteiger partial charge in [-0.25, -0.2) is 0 Å². The molecule has 0 aromatic heterocycles. The second kappa shape index (κ2) is 4.45. The third kappa shape index (κ3) is 2.57. The molecule has 3 N–H and O–H groups in total. The van der Waals surface area contributed by atoms with Crippen LogP contribution in [0.5, 0.6) is 0 Å². The molecule has 0 heterocycles. The molecule has 15 heavy (non-hydrogen) atoms. The summed E-state index contributed by atoms with van der Waals surface area (Å²) in [5.74, 6) is -0.607. The lowest BCUT2D eigenvalue weighted by molar-refractivity contribution is -0.138. The molecule has 1 atom stereocenters. The van der Waals surface area contributed by atoms with Crippen LogP contribution in [0.3, 0.4) is 0 Å². The highest BCUT2D eigenvalue weighted by Gasteiger charge is 2.17. The highest BCUT2D eigenvalue weighted by atomic mass is 16.4. The van der Waals surface area contributed by atoms with E-state index in [-0.39, 0.29) is 0 Å². The van der Waals surface area contributed by atoms with Crippen molar-refractivity contribution in [2.45, 2.75) is 32.7 Å². The number of carbonyl (C=O) groups is 1. The molecule has 0 aliphatic carbocycles. The fourth-order valence-corrected chi connectivity index (χ4v) is 1.49. The molecule has 1 aromatic rings. The van der Waals surface area contributed by atoms with E-state index in [2.05, 4.69) is 13.8 Å². The summed E-state index contributed by atoms with van der Waals surface area (Å²) in [5.41, 5.74) is 8.35. The first kappa shape index (κ1) is 11.7. The topological polar surface area (TPSA) is 63.3 Å². The molecule has 1 rings (SSSR count). The number of rotatable bonds is 3. The normalized spacial score (nSPS) is 12.9. The molecule has 0 amide bonds. The van der Waals surface area contributed by atoms with Crippen molar-refractivity contribution in [1.29, 1.82) is 0 Å². The molecule has 0 saturated carbocycles. The summed E-state index contributed by atoms with van der Waals surface area (Å²) in [5, 5.41) is 8.86. The number of hydrogen-bond donors (Lipinski definition) is 2. The summed E-state index contributed by atoms with van der Waals surface area (Å²) in [4.78, 5) is 10.8. The molecule has 0 aliphatic heterocycles. The zero-order valence-electron chi connectivity index (χ0n) is 9.32. The van der Waals surface area contributed by atoms with Gasteiger partial charge in [-0.05, 0) is 29.5 Å². The molecule has 0 fully saturated rings. The van der Waals surface area contributed by atoms with Crippen molar-refractivity contribution in [2.75, 3.05) is 0 Å². The maximum atomic E-state index is 10.8. The lowest BCUT2D eigenvalue weighted by atomic mass is 9.94. The minimum absolute atomic E-state index is 0.380. The van der Waals surface area contributed by atoms with Gasteiger partial charge in [-0.1, -0.05) is 32.0 Å². The molecule has 0 bridgehead atoms. The van der Waals surface area contributed by atoms with E-state index in [9.17, 15) is 4.79 Å². The van der Waals surface area contributed by atoms with Crippen LogP contribution in [-0.4, -0.2) is 11.1 Å². The summed E-state index contributed by atoms with van der Waals surface area (Å²) >= 11 is 0. The Morgan fingerprint density at radius 1 is 1.40 bits per heavy atom. The van der Waals surface area contributed by atoms with Gasteiger partial charge in [0.25, 0.3) is 0 Å². The van der Waals surface area contributed by atoms with Gasteiger partial charge >= 0.3 is 5.97 Å². The lowest BCUT2D eigenvalue weighted by Crippen LogP contribution is -2.21. The second-order valence-corrected chi connectivity index (χ2v) is 4.09. The fourth-order valence-electron chi connectivity index (χ4n) is 1.49. The predicted octanol–water partition coefficient (Wildman–Crippen LogP) is 2.20. The quantitative estimate of drug-likeness (QED) is 0.798. The van der Waals surface area contributed by atoms with Crippen molar-refractivity contribution in [3.05, 3.63) is 34.9 Å². The fraction of sp³-hybridized carbons (Fsp3) is 0.417. The van der Waals surface area contributed by atoms with E-state index < -0.39 is 12.0 Å². The van der Waals surface area contributed by atoms with Crippen LogP contribution in [0.4, 0.5) is 0 Å². The van der Waals surface area contributed by atoms with Crippen LogP contribution in [0.1, 0.15) is 42.5 Å². The number of aryl methyl sites for hydroxylation is 1. The van der Waals surface area contributed by atoms with E-state index in [1.165, 1.54) is 0 Å². The number of aliphatic carboxylic acids is 1. The molecule has 82 valence electrons. The van der Waals surface area contributed by atoms with Crippen molar-refractivity contribution in [1.82, 2.24) is 0 Å². The number of hydrogen-bond acceptors (Lipinski definition) is 2. The van der Waals surface area contributed by atoms with Crippen LogP contribution in [-0.2, 0) is 4.79 Å². The second-order valence-electron chi connectivity index (χ2n) is 4.09. The predicted molar refractivity (Wildman–Crippen MR) is 59.8 cm³/mol. The molecular formula is C12H17NO2. The van der Waals surface area contributed by atoms with Crippen molar-refractivity contribution >= 4 is 5.97 Å². The summed E-state index contributed by atoms with van der Waals surface area (Å²) in [7, 11) is 0. The van der Waals surface area contributed by atoms with Gasteiger partial charge in [0, 0.05) is 0 Å². The average molecular weight is 207 g/mol. The van der Waals surface area contributed by atoms with E-state index in [0.717, 1.165) is 11.1 Å². The minimum atomic E-state index is -0.987.